The molecule has 3 rings (SSSR count). The molecule has 2 aromatic heterocycles. The lowest BCUT2D eigenvalue weighted by Gasteiger charge is -2.10. The Morgan fingerprint density at radius 1 is 1.42 bits per heavy atom. The second-order valence-electron chi connectivity index (χ2n) is 5.80. The van der Waals surface area contributed by atoms with Crippen LogP contribution < -0.4 is 5.32 Å². The molecule has 0 aliphatic carbocycles. The highest BCUT2D eigenvalue weighted by atomic mass is 32.2. The molecule has 7 nitrogen and oxygen atoms in total. The van der Waals surface area contributed by atoms with Crippen molar-refractivity contribution in [1.82, 2.24) is 25.3 Å². The molecule has 1 atom stereocenters. The highest BCUT2D eigenvalue weighted by Crippen LogP contribution is 2.16. The third-order valence-electron chi connectivity index (χ3n) is 3.75. The monoisotopic (exact) mass is 347 g/mol. The van der Waals surface area contributed by atoms with Crippen LogP contribution in [0.1, 0.15) is 24.2 Å². The van der Waals surface area contributed by atoms with Crippen molar-refractivity contribution in [3.05, 3.63) is 29.6 Å². The van der Waals surface area contributed by atoms with Gasteiger partial charge in [0.05, 0.1) is 17.6 Å². The maximum Gasteiger partial charge on any atom is 0.230 e. The molecular formula is C16H21N5O2S. The molecule has 0 spiro atoms. The minimum Gasteiger partial charge on any atom is -0.376 e. The summed E-state index contributed by atoms with van der Waals surface area (Å²) in [5.41, 5.74) is 1.95. The molecule has 24 heavy (non-hydrogen) atoms. The Labute approximate surface area is 145 Å². The van der Waals surface area contributed by atoms with Crippen molar-refractivity contribution in [2.24, 2.45) is 0 Å². The fourth-order valence-corrected chi connectivity index (χ4v) is 3.23. The fraction of sp³-hybridized carbons (Fsp3) is 0.500. The summed E-state index contributed by atoms with van der Waals surface area (Å²) in [6, 6.07) is 5.71. The van der Waals surface area contributed by atoms with E-state index in [9.17, 15) is 4.79 Å². The van der Waals surface area contributed by atoms with Crippen LogP contribution in [0.5, 0.6) is 0 Å². The van der Waals surface area contributed by atoms with Gasteiger partial charge in [0.1, 0.15) is 5.03 Å². The summed E-state index contributed by atoms with van der Waals surface area (Å²) in [4.78, 5) is 11.9. The molecule has 0 bridgehead atoms. The third kappa shape index (κ3) is 4.33. The van der Waals surface area contributed by atoms with Gasteiger partial charge < -0.3 is 10.1 Å². The van der Waals surface area contributed by atoms with Crippen LogP contribution in [-0.2, 0) is 9.53 Å². The predicted octanol–water partition coefficient (Wildman–Crippen LogP) is 1.67. The van der Waals surface area contributed by atoms with Crippen molar-refractivity contribution >= 4 is 17.7 Å². The van der Waals surface area contributed by atoms with Crippen molar-refractivity contribution < 1.29 is 9.53 Å². The maximum absolute atomic E-state index is 11.9. The largest absolute Gasteiger partial charge is 0.376 e. The highest BCUT2D eigenvalue weighted by Gasteiger charge is 2.16. The van der Waals surface area contributed by atoms with Gasteiger partial charge in [0.25, 0.3) is 0 Å². The molecule has 1 aliphatic heterocycles. The summed E-state index contributed by atoms with van der Waals surface area (Å²) in [5, 5.41) is 16.3. The number of nitrogens with one attached hydrogen (secondary N) is 1. The number of amides is 1. The molecule has 0 aromatic carbocycles. The van der Waals surface area contributed by atoms with E-state index >= 15 is 0 Å². The normalized spacial score (nSPS) is 17.2. The molecule has 1 aliphatic rings. The highest BCUT2D eigenvalue weighted by molar-refractivity contribution is 7.99. The van der Waals surface area contributed by atoms with Crippen molar-refractivity contribution in [3.8, 4) is 5.82 Å². The van der Waals surface area contributed by atoms with Crippen LogP contribution in [0, 0.1) is 13.8 Å². The van der Waals surface area contributed by atoms with Crippen LogP contribution in [0.3, 0.4) is 0 Å². The maximum atomic E-state index is 11.9. The number of aromatic nitrogens is 4. The van der Waals surface area contributed by atoms with E-state index in [1.54, 1.807) is 4.68 Å². The zero-order chi connectivity index (χ0) is 16.9. The Bertz CT molecular complexity index is 695. The van der Waals surface area contributed by atoms with E-state index < -0.39 is 0 Å². The van der Waals surface area contributed by atoms with Gasteiger partial charge in [-0.25, -0.2) is 4.68 Å². The number of nitrogens with zero attached hydrogens (tertiary/aromatic N) is 4. The first-order chi connectivity index (χ1) is 11.6. The Morgan fingerprint density at radius 2 is 2.29 bits per heavy atom. The second kappa shape index (κ2) is 7.76. The molecule has 1 fully saturated rings. The molecule has 1 saturated heterocycles. The van der Waals surface area contributed by atoms with Crippen molar-refractivity contribution in [2.45, 2.75) is 37.8 Å². The van der Waals surface area contributed by atoms with Crippen LogP contribution in [0.2, 0.25) is 0 Å². The Balaban J connectivity index is 1.49. The number of carbonyl (C=O) groups excluding carboxylic acids is 1. The summed E-state index contributed by atoms with van der Waals surface area (Å²) >= 11 is 1.37. The van der Waals surface area contributed by atoms with Crippen molar-refractivity contribution in [1.29, 1.82) is 0 Å². The Morgan fingerprint density at radius 3 is 2.92 bits per heavy atom. The summed E-state index contributed by atoms with van der Waals surface area (Å²) in [6.07, 6.45) is 2.26. The van der Waals surface area contributed by atoms with Gasteiger partial charge in [0.15, 0.2) is 5.82 Å². The van der Waals surface area contributed by atoms with Gasteiger partial charge in [-0.2, -0.15) is 5.10 Å². The third-order valence-corrected chi connectivity index (χ3v) is 4.67. The minimum atomic E-state index is -0.0140. The standard InChI is InChI=1S/C16H21N5O2S/c1-11-8-12(2)21(20-11)14-5-6-16(19-18-14)24-10-15(22)17-9-13-4-3-7-23-13/h5-6,8,13H,3-4,7,9-10H2,1-2H3,(H,17,22)/t13-/m0/s1. The Hall–Kier alpha value is -1.93. The van der Waals surface area contributed by atoms with Crippen LogP contribution in [0.25, 0.3) is 5.82 Å². The molecule has 8 heteroatoms. The summed E-state index contributed by atoms with van der Waals surface area (Å²) in [7, 11) is 0. The molecule has 0 saturated carbocycles. The van der Waals surface area contributed by atoms with Crippen molar-refractivity contribution in [2.75, 3.05) is 18.9 Å². The lowest BCUT2D eigenvalue weighted by molar-refractivity contribution is -0.119. The molecule has 128 valence electrons. The number of ether oxygens (including phenoxy) is 1. The van der Waals surface area contributed by atoms with Gasteiger partial charge in [0.2, 0.25) is 5.91 Å². The first-order valence-electron chi connectivity index (χ1n) is 8.00. The van der Waals surface area contributed by atoms with Crippen LogP contribution in [0.4, 0.5) is 0 Å². The first kappa shape index (κ1) is 16.9. The first-order valence-corrected chi connectivity index (χ1v) is 8.99. The number of hydrogen-bond donors (Lipinski definition) is 1. The van der Waals surface area contributed by atoms with Crippen LogP contribution in [-0.4, -0.2) is 50.9 Å². The van der Waals surface area contributed by atoms with Gasteiger partial charge >= 0.3 is 0 Å². The fourth-order valence-electron chi connectivity index (χ4n) is 2.59. The lowest BCUT2D eigenvalue weighted by atomic mass is 10.2. The number of hydrogen-bond acceptors (Lipinski definition) is 6. The predicted molar refractivity (Wildman–Crippen MR) is 91.3 cm³/mol. The van der Waals surface area contributed by atoms with E-state index in [4.69, 9.17) is 4.74 Å². The minimum absolute atomic E-state index is 0.0140. The van der Waals surface area contributed by atoms with Gasteiger partial charge in [-0.1, -0.05) is 11.8 Å². The Kier molecular flexibility index (Phi) is 5.47. The van der Waals surface area contributed by atoms with E-state index in [-0.39, 0.29) is 12.0 Å². The average molecular weight is 347 g/mol. The topological polar surface area (TPSA) is 81.9 Å². The average Bonchev–Trinajstić information content (AvgIpc) is 3.21. The van der Waals surface area contributed by atoms with E-state index in [0.717, 1.165) is 30.8 Å². The molecule has 3 heterocycles. The molecular weight excluding hydrogens is 326 g/mol. The number of thioether (sulfide) groups is 1. The lowest BCUT2D eigenvalue weighted by Crippen LogP contribution is -2.32. The zero-order valence-corrected chi connectivity index (χ0v) is 14.7. The summed E-state index contributed by atoms with van der Waals surface area (Å²) in [6.45, 7) is 5.30. The van der Waals surface area contributed by atoms with Gasteiger partial charge in [-0.15, -0.1) is 10.2 Å². The van der Waals surface area contributed by atoms with Crippen LogP contribution in [0.15, 0.2) is 23.2 Å². The SMILES string of the molecule is Cc1cc(C)n(-c2ccc(SCC(=O)NC[C@@H]3CCCO3)nn2)n1. The zero-order valence-electron chi connectivity index (χ0n) is 13.9. The van der Waals surface area contributed by atoms with E-state index in [1.807, 2.05) is 32.0 Å². The smallest absolute Gasteiger partial charge is 0.230 e. The molecule has 0 unspecified atom stereocenters. The second-order valence-corrected chi connectivity index (χ2v) is 6.79. The van der Waals surface area contributed by atoms with Crippen molar-refractivity contribution in [3.63, 3.8) is 0 Å². The van der Waals surface area contributed by atoms with E-state index in [0.29, 0.717) is 23.1 Å². The summed E-state index contributed by atoms with van der Waals surface area (Å²) < 4.78 is 7.24. The van der Waals surface area contributed by atoms with Gasteiger partial charge in [-0.3, -0.25) is 4.79 Å². The molecule has 2 aromatic rings. The van der Waals surface area contributed by atoms with E-state index in [2.05, 4.69) is 20.6 Å². The van der Waals surface area contributed by atoms with Gasteiger partial charge in [0, 0.05) is 18.8 Å². The quantitative estimate of drug-likeness (QED) is 0.801. The van der Waals surface area contributed by atoms with Crippen LogP contribution >= 0.6 is 11.8 Å². The molecule has 1 amide bonds. The van der Waals surface area contributed by atoms with E-state index in [1.165, 1.54) is 11.8 Å². The molecule has 1 N–H and O–H groups in total. The number of rotatable bonds is 6. The number of carbonyl (C=O) groups is 1. The number of aryl methyl sites for hydroxylation is 2. The summed E-state index contributed by atoms with van der Waals surface area (Å²) in [5.74, 6) is 0.980. The molecule has 0 radical (unpaired) electrons. The van der Waals surface area contributed by atoms with Gasteiger partial charge in [-0.05, 0) is 44.9 Å².